The Morgan fingerprint density at radius 3 is 2.24 bits per heavy atom. The zero-order chi connectivity index (χ0) is 15.7. The minimum Gasteiger partial charge on any atom is -0.0991 e. The molecule has 0 heteroatoms. The van der Waals surface area contributed by atoms with Crippen molar-refractivity contribution in [2.45, 2.75) is 20.8 Å². The molecule has 108 valence electrons. The van der Waals surface area contributed by atoms with E-state index < -0.39 is 0 Å². The summed E-state index contributed by atoms with van der Waals surface area (Å²) in [6.07, 6.45) is 14.2. The van der Waals surface area contributed by atoms with E-state index in [9.17, 15) is 0 Å². The average Bonchev–Trinajstić information content (AvgIpc) is 2.47. The predicted octanol–water partition coefficient (Wildman–Crippen LogP) is 6.37. The summed E-state index contributed by atoms with van der Waals surface area (Å²) < 4.78 is 0. The van der Waals surface area contributed by atoms with Gasteiger partial charge in [-0.2, -0.15) is 0 Å². The standard InChI is InChI=1S/C21H24/c1-6-9-12-18(8-3)20-13-10-14-21(16-20)19(11-7-2)15-17(4)5/h6-16H,1,4H2,2-3,5H3/b11-7-,12-9-,18-8+,19-15+. The molecule has 0 heterocycles. The summed E-state index contributed by atoms with van der Waals surface area (Å²) in [5.41, 5.74) is 5.80. The molecule has 0 aliphatic rings. The maximum Gasteiger partial charge on any atom is -0.0178 e. The monoisotopic (exact) mass is 276 g/mol. The first kappa shape index (κ1) is 16.7. The maximum absolute atomic E-state index is 3.97. The molecule has 0 saturated carbocycles. The minimum atomic E-state index is 1.05. The van der Waals surface area contributed by atoms with Gasteiger partial charge in [0, 0.05) is 0 Å². The first-order chi connectivity index (χ1) is 10.1. The van der Waals surface area contributed by atoms with Crippen LogP contribution in [0, 0.1) is 0 Å². The number of allylic oxidation sites excluding steroid dienone is 10. The predicted molar refractivity (Wildman–Crippen MR) is 97.0 cm³/mol. The van der Waals surface area contributed by atoms with Crippen molar-refractivity contribution >= 4 is 11.1 Å². The molecule has 1 rings (SSSR count). The van der Waals surface area contributed by atoms with Crippen molar-refractivity contribution in [2.24, 2.45) is 0 Å². The smallest absolute Gasteiger partial charge is 0.0178 e. The van der Waals surface area contributed by atoms with Gasteiger partial charge < -0.3 is 0 Å². The molecule has 1 aromatic carbocycles. The summed E-state index contributed by atoms with van der Waals surface area (Å²) in [7, 11) is 0. The van der Waals surface area contributed by atoms with Crippen molar-refractivity contribution in [3.05, 3.63) is 96.7 Å². The highest BCUT2D eigenvalue weighted by atomic mass is 14.1. The molecule has 0 spiro atoms. The second-order valence-corrected chi connectivity index (χ2v) is 4.87. The van der Waals surface area contributed by atoms with Gasteiger partial charge in [-0.3, -0.25) is 0 Å². The Kier molecular flexibility index (Phi) is 6.97. The maximum atomic E-state index is 3.97. The molecule has 0 fully saturated rings. The lowest BCUT2D eigenvalue weighted by atomic mass is 9.97. The van der Waals surface area contributed by atoms with Gasteiger partial charge >= 0.3 is 0 Å². The van der Waals surface area contributed by atoms with E-state index in [2.05, 4.69) is 67.8 Å². The molecule has 0 N–H and O–H groups in total. The second-order valence-electron chi connectivity index (χ2n) is 4.87. The van der Waals surface area contributed by atoms with E-state index in [1.54, 1.807) is 6.08 Å². The largest absolute Gasteiger partial charge is 0.0991 e. The summed E-state index contributed by atoms with van der Waals surface area (Å²) in [6.45, 7) is 13.8. The number of hydrogen-bond donors (Lipinski definition) is 0. The van der Waals surface area contributed by atoms with Gasteiger partial charge in [-0.25, -0.2) is 0 Å². The summed E-state index contributed by atoms with van der Waals surface area (Å²) in [5, 5.41) is 0. The summed E-state index contributed by atoms with van der Waals surface area (Å²) in [4.78, 5) is 0. The van der Waals surface area contributed by atoms with Crippen LogP contribution in [0.15, 0.2) is 85.5 Å². The number of rotatable bonds is 6. The van der Waals surface area contributed by atoms with Gasteiger partial charge in [0.25, 0.3) is 0 Å². The van der Waals surface area contributed by atoms with Crippen LogP contribution in [-0.4, -0.2) is 0 Å². The molecule has 0 nitrogen and oxygen atoms in total. The normalized spacial score (nSPS) is 13.1. The first-order valence-corrected chi connectivity index (χ1v) is 7.18. The van der Waals surface area contributed by atoms with E-state index in [1.165, 1.54) is 22.3 Å². The highest BCUT2D eigenvalue weighted by Crippen LogP contribution is 2.23. The topological polar surface area (TPSA) is 0 Å². The fourth-order valence-corrected chi connectivity index (χ4v) is 2.08. The Morgan fingerprint density at radius 2 is 1.71 bits per heavy atom. The van der Waals surface area contributed by atoms with E-state index in [1.807, 2.05) is 26.8 Å². The fourth-order valence-electron chi connectivity index (χ4n) is 2.08. The molecule has 0 unspecified atom stereocenters. The van der Waals surface area contributed by atoms with E-state index in [0.717, 1.165) is 5.57 Å². The van der Waals surface area contributed by atoms with Gasteiger partial charge in [0.05, 0.1) is 0 Å². The van der Waals surface area contributed by atoms with Crippen LogP contribution in [0.1, 0.15) is 31.9 Å². The van der Waals surface area contributed by atoms with Crippen LogP contribution in [0.2, 0.25) is 0 Å². The molecule has 0 atom stereocenters. The van der Waals surface area contributed by atoms with Crippen LogP contribution < -0.4 is 0 Å². The van der Waals surface area contributed by atoms with Crippen LogP contribution in [0.4, 0.5) is 0 Å². The van der Waals surface area contributed by atoms with Crippen molar-refractivity contribution < 1.29 is 0 Å². The van der Waals surface area contributed by atoms with Crippen molar-refractivity contribution in [1.29, 1.82) is 0 Å². The Bertz CT molecular complexity index is 619. The highest BCUT2D eigenvalue weighted by Gasteiger charge is 2.02. The van der Waals surface area contributed by atoms with Crippen molar-refractivity contribution in [3.8, 4) is 0 Å². The Balaban J connectivity index is 3.29. The van der Waals surface area contributed by atoms with E-state index >= 15 is 0 Å². The fraction of sp³-hybridized carbons (Fsp3) is 0.143. The van der Waals surface area contributed by atoms with Crippen LogP contribution in [-0.2, 0) is 0 Å². The molecule has 0 amide bonds. The van der Waals surface area contributed by atoms with Gasteiger partial charge in [-0.05, 0) is 49.1 Å². The highest BCUT2D eigenvalue weighted by molar-refractivity contribution is 5.80. The van der Waals surface area contributed by atoms with Crippen LogP contribution in [0.3, 0.4) is 0 Å². The molecule has 0 bridgehead atoms. The molecule has 0 aromatic heterocycles. The Morgan fingerprint density at radius 1 is 1.05 bits per heavy atom. The first-order valence-electron chi connectivity index (χ1n) is 7.18. The van der Waals surface area contributed by atoms with Crippen molar-refractivity contribution in [1.82, 2.24) is 0 Å². The molecule has 1 aromatic rings. The average molecular weight is 276 g/mol. The van der Waals surface area contributed by atoms with Gasteiger partial charge in [0.1, 0.15) is 0 Å². The Hall–Kier alpha value is -2.34. The molecule has 21 heavy (non-hydrogen) atoms. The van der Waals surface area contributed by atoms with Crippen LogP contribution >= 0.6 is 0 Å². The summed E-state index contributed by atoms with van der Waals surface area (Å²) in [6, 6.07) is 8.55. The van der Waals surface area contributed by atoms with Crippen molar-refractivity contribution in [3.63, 3.8) is 0 Å². The van der Waals surface area contributed by atoms with Crippen LogP contribution in [0.25, 0.3) is 11.1 Å². The van der Waals surface area contributed by atoms with E-state index in [4.69, 9.17) is 0 Å². The second kappa shape index (κ2) is 8.76. The van der Waals surface area contributed by atoms with Crippen LogP contribution in [0.5, 0.6) is 0 Å². The third-order valence-electron chi connectivity index (χ3n) is 3.00. The molecular formula is C21H24. The SMILES string of the molecule is C=C/C=C\C(=C/C)c1cccc(C(/C=C\C)=C/C(=C)C)c1. The lowest BCUT2D eigenvalue weighted by molar-refractivity contribution is 1.51. The van der Waals surface area contributed by atoms with E-state index in [0.29, 0.717) is 0 Å². The van der Waals surface area contributed by atoms with Gasteiger partial charge in [0.2, 0.25) is 0 Å². The third kappa shape index (κ3) is 5.27. The zero-order valence-corrected chi connectivity index (χ0v) is 13.3. The minimum absolute atomic E-state index is 1.05. The number of benzene rings is 1. The summed E-state index contributed by atoms with van der Waals surface area (Å²) >= 11 is 0. The van der Waals surface area contributed by atoms with E-state index in [-0.39, 0.29) is 0 Å². The lowest BCUT2D eigenvalue weighted by Crippen LogP contribution is -1.86. The quantitative estimate of drug-likeness (QED) is 0.530. The number of hydrogen-bond acceptors (Lipinski definition) is 0. The van der Waals surface area contributed by atoms with Gasteiger partial charge in [0.15, 0.2) is 0 Å². The van der Waals surface area contributed by atoms with Gasteiger partial charge in [-0.1, -0.05) is 79.5 Å². The molecule has 0 saturated heterocycles. The molecule has 0 aliphatic heterocycles. The summed E-state index contributed by atoms with van der Waals surface area (Å²) in [5.74, 6) is 0. The lowest BCUT2D eigenvalue weighted by Gasteiger charge is -2.08. The third-order valence-corrected chi connectivity index (χ3v) is 3.00. The zero-order valence-electron chi connectivity index (χ0n) is 13.3. The van der Waals surface area contributed by atoms with Gasteiger partial charge in [-0.15, -0.1) is 0 Å². The molecule has 0 radical (unpaired) electrons. The van der Waals surface area contributed by atoms with Crippen molar-refractivity contribution in [2.75, 3.05) is 0 Å². The molecule has 0 aliphatic carbocycles. The Labute approximate surface area is 129 Å². The molecular weight excluding hydrogens is 252 g/mol.